The fourth-order valence-corrected chi connectivity index (χ4v) is 2.58. The van der Waals surface area contributed by atoms with Gasteiger partial charge in [0.1, 0.15) is 17.7 Å². The third-order valence-corrected chi connectivity index (χ3v) is 3.76. The molecule has 0 aliphatic rings. The Hall–Kier alpha value is -2.24. The molecule has 0 radical (unpaired) electrons. The molecule has 1 atom stereocenters. The Morgan fingerprint density at radius 2 is 1.87 bits per heavy atom. The number of anilines is 1. The number of hydrogen-bond acceptors (Lipinski definition) is 3. The molecule has 0 spiro atoms. The number of fused-ring (bicyclic) bond motifs is 1. The van der Waals surface area contributed by atoms with Crippen molar-refractivity contribution in [3.05, 3.63) is 70.9 Å². The minimum atomic E-state index is -1.32. The summed E-state index contributed by atoms with van der Waals surface area (Å²) in [7, 11) is 0. The van der Waals surface area contributed by atoms with Crippen LogP contribution < -0.4 is 5.32 Å². The Bertz CT molecular complexity index is 837. The summed E-state index contributed by atoms with van der Waals surface area (Å²) in [4.78, 5) is 4.22. The van der Waals surface area contributed by atoms with Crippen molar-refractivity contribution in [1.82, 2.24) is 4.98 Å². The van der Waals surface area contributed by atoms with Crippen molar-refractivity contribution in [1.29, 1.82) is 0 Å². The van der Waals surface area contributed by atoms with Crippen LogP contribution in [-0.2, 0) is 0 Å². The average Bonchev–Trinajstić information content (AvgIpc) is 2.52. The van der Waals surface area contributed by atoms with Crippen LogP contribution in [0, 0.1) is 11.6 Å². The maximum atomic E-state index is 13.7. The van der Waals surface area contributed by atoms with E-state index in [4.69, 9.17) is 11.6 Å². The molecule has 3 aromatic rings. The zero-order valence-electron chi connectivity index (χ0n) is 11.9. The van der Waals surface area contributed by atoms with Crippen LogP contribution in [0.15, 0.2) is 48.7 Å². The molecular formula is C17H13ClF2N2O. The molecule has 0 aliphatic carbocycles. The first-order valence-electron chi connectivity index (χ1n) is 6.96. The highest BCUT2D eigenvalue weighted by Gasteiger charge is 2.17. The van der Waals surface area contributed by atoms with Gasteiger partial charge in [0.25, 0.3) is 0 Å². The predicted molar refractivity (Wildman–Crippen MR) is 86.6 cm³/mol. The van der Waals surface area contributed by atoms with Gasteiger partial charge in [0.15, 0.2) is 0 Å². The van der Waals surface area contributed by atoms with Gasteiger partial charge in [-0.05, 0) is 36.4 Å². The van der Waals surface area contributed by atoms with Crippen molar-refractivity contribution >= 4 is 28.2 Å². The molecule has 2 N–H and O–H groups in total. The zero-order valence-corrected chi connectivity index (χ0v) is 12.7. The number of rotatable bonds is 4. The number of pyridine rings is 1. The van der Waals surface area contributed by atoms with Crippen LogP contribution in [0.1, 0.15) is 11.7 Å². The maximum absolute atomic E-state index is 13.7. The maximum Gasteiger partial charge on any atom is 0.132 e. The lowest BCUT2D eigenvalue weighted by Crippen LogP contribution is -2.15. The van der Waals surface area contributed by atoms with Crippen LogP contribution in [0.5, 0.6) is 0 Å². The highest BCUT2D eigenvalue weighted by Crippen LogP contribution is 2.26. The van der Waals surface area contributed by atoms with Gasteiger partial charge in [-0.3, -0.25) is 4.98 Å². The SMILES string of the molecule is OC(CNc1ccnc2ccc(Cl)cc12)c1c(F)cccc1F. The minimum Gasteiger partial charge on any atom is -0.386 e. The second-order valence-corrected chi connectivity index (χ2v) is 5.49. The van der Waals surface area contributed by atoms with Gasteiger partial charge in [0.05, 0.1) is 11.1 Å². The highest BCUT2D eigenvalue weighted by molar-refractivity contribution is 6.31. The van der Waals surface area contributed by atoms with Gasteiger partial charge in [0, 0.05) is 28.8 Å². The molecule has 118 valence electrons. The monoisotopic (exact) mass is 334 g/mol. The molecule has 0 saturated carbocycles. The third-order valence-electron chi connectivity index (χ3n) is 3.52. The number of benzene rings is 2. The quantitative estimate of drug-likeness (QED) is 0.747. The first kappa shape index (κ1) is 15.6. The van der Waals surface area contributed by atoms with Crippen LogP contribution >= 0.6 is 11.6 Å². The van der Waals surface area contributed by atoms with E-state index in [-0.39, 0.29) is 12.1 Å². The summed E-state index contributed by atoms with van der Waals surface area (Å²) in [5, 5.41) is 14.4. The van der Waals surface area contributed by atoms with Crippen LogP contribution in [0.25, 0.3) is 10.9 Å². The van der Waals surface area contributed by atoms with E-state index in [1.807, 2.05) is 0 Å². The number of aliphatic hydroxyl groups excluding tert-OH is 1. The topological polar surface area (TPSA) is 45.1 Å². The number of nitrogens with zero attached hydrogens (tertiary/aromatic N) is 1. The lowest BCUT2D eigenvalue weighted by molar-refractivity contribution is 0.181. The van der Waals surface area contributed by atoms with E-state index < -0.39 is 17.7 Å². The Balaban J connectivity index is 1.85. The summed E-state index contributed by atoms with van der Waals surface area (Å²) < 4.78 is 27.4. The van der Waals surface area contributed by atoms with Gasteiger partial charge in [0.2, 0.25) is 0 Å². The molecule has 0 saturated heterocycles. The zero-order chi connectivity index (χ0) is 16.4. The summed E-state index contributed by atoms with van der Waals surface area (Å²) in [6.07, 6.45) is 0.285. The van der Waals surface area contributed by atoms with E-state index in [0.717, 1.165) is 23.0 Å². The fraction of sp³-hybridized carbons (Fsp3) is 0.118. The molecule has 0 amide bonds. The van der Waals surface area contributed by atoms with Gasteiger partial charge in [-0.25, -0.2) is 8.78 Å². The Labute approximate surface area is 136 Å². The lowest BCUT2D eigenvalue weighted by atomic mass is 10.1. The molecule has 2 aromatic carbocycles. The lowest BCUT2D eigenvalue weighted by Gasteiger charge is -2.15. The third kappa shape index (κ3) is 3.25. The normalized spacial score (nSPS) is 12.3. The van der Waals surface area contributed by atoms with Gasteiger partial charge < -0.3 is 10.4 Å². The highest BCUT2D eigenvalue weighted by atomic mass is 35.5. The van der Waals surface area contributed by atoms with E-state index in [0.29, 0.717) is 10.7 Å². The first-order chi connectivity index (χ1) is 11.1. The molecule has 1 unspecified atom stereocenters. The van der Waals surface area contributed by atoms with Crippen molar-refractivity contribution in [3.8, 4) is 0 Å². The van der Waals surface area contributed by atoms with Crippen molar-refractivity contribution in [2.45, 2.75) is 6.10 Å². The van der Waals surface area contributed by atoms with E-state index in [1.54, 1.807) is 30.5 Å². The van der Waals surface area contributed by atoms with Gasteiger partial charge in [-0.2, -0.15) is 0 Å². The van der Waals surface area contributed by atoms with Crippen LogP contribution in [0.2, 0.25) is 5.02 Å². The summed E-state index contributed by atoms with van der Waals surface area (Å²) in [5.74, 6) is -1.55. The van der Waals surface area contributed by atoms with Crippen molar-refractivity contribution in [2.24, 2.45) is 0 Å². The van der Waals surface area contributed by atoms with Gasteiger partial charge >= 0.3 is 0 Å². The fourth-order valence-electron chi connectivity index (χ4n) is 2.41. The Kier molecular flexibility index (Phi) is 4.41. The van der Waals surface area contributed by atoms with Crippen molar-refractivity contribution in [3.63, 3.8) is 0 Å². The second-order valence-electron chi connectivity index (χ2n) is 5.05. The van der Waals surface area contributed by atoms with Crippen molar-refractivity contribution < 1.29 is 13.9 Å². The summed E-state index contributed by atoms with van der Waals surface area (Å²) in [6, 6.07) is 10.4. The molecule has 23 heavy (non-hydrogen) atoms. The van der Waals surface area contributed by atoms with Crippen molar-refractivity contribution in [2.75, 3.05) is 11.9 Å². The molecule has 1 aromatic heterocycles. The predicted octanol–water partition coefficient (Wildman–Crippen LogP) is 4.31. The number of aliphatic hydroxyl groups is 1. The van der Waals surface area contributed by atoms with E-state index in [1.165, 1.54) is 6.07 Å². The van der Waals surface area contributed by atoms with Crippen LogP contribution in [0.4, 0.5) is 14.5 Å². The summed E-state index contributed by atoms with van der Waals surface area (Å²) in [5.41, 5.74) is 1.05. The number of halogens is 3. The number of aromatic nitrogens is 1. The van der Waals surface area contributed by atoms with E-state index >= 15 is 0 Å². The van der Waals surface area contributed by atoms with Crippen LogP contribution in [0.3, 0.4) is 0 Å². The number of hydrogen-bond donors (Lipinski definition) is 2. The molecule has 3 rings (SSSR count). The standard InChI is InChI=1S/C17H13ClF2N2O/c18-10-4-5-14-11(8-10)15(6-7-21-14)22-9-16(23)17-12(19)2-1-3-13(17)20/h1-8,16,23H,9H2,(H,21,22). The molecule has 1 heterocycles. The molecule has 0 aliphatic heterocycles. The Morgan fingerprint density at radius 3 is 2.61 bits per heavy atom. The molecule has 6 heteroatoms. The molecular weight excluding hydrogens is 322 g/mol. The summed E-state index contributed by atoms with van der Waals surface area (Å²) >= 11 is 5.99. The largest absolute Gasteiger partial charge is 0.386 e. The average molecular weight is 335 g/mol. The first-order valence-corrected chi connectivity index (χ1v) is 7.34. The number of nitrogens with one attached hydrogen (secondary N) is 1. The Morgan fingerprint density at radius 1 is 1.13 bits per heavy atom. The molecule has 3 nitrogen and oxygen atoms in total. The minimum absolute atomic E-state index is 0.0521. The second kappa shape index (κ2) is 6.48. The molecule has 0 fully saturated rings. The van der Waals surface area contributed by atoms with E-state index in [9.17, 15) is 13.9 Å². The van der Waals surface area contributed by atoms with Gasteiger partial charge in [-0.15, -0.1) is 0 Å². The summed E-state index contributed by atoms with van der Waals surface area (Å²) in [6.45, 7) is -0.0521. The molecule has 0 bridgehead atoms. The van der Waals surface area contributed by atoms with E-state index in [2.05, 4.69) is 10.3 Å². The van der Waals surface area contributed by atoms with Crippen LogP contribution in [-0.4, -0.2) is 16.6 Å². The van der Waals surface area contributed by atoms with Gasteiger partial charge in [-0.1, -0.05) is 17.7 Å². The smallest absolute Gasteiger partial charge is 0.132 e.